The number of piperazine rings is 1. The average molecular weight is 247 g/mol. The first-order valence-corrected chi connectivity index (χ1v) is 6.93. The second-order valence-corrected chi connectivity index (χ2v) is 5.18. The van der Waals surface area contributed by atoms with Crippen LogP contribution < -0.4 is 5.32 Å². The van der Waals surface area contributed by atoms with E-state index in [0.29, 0.717) is 6.04 Å². The van der Waals surface area contributed by atoms with E-state index >= 15 is 0 Å². The summed E-state index contributed by atoms with van der Waals surface area (Å²) in [5, 5.41) is 3.23. The van der Waals surface area contributed by atoms with Crippen LogP contribution in [0.1, 0.15) is 18.0 Å². The lowest BCUT2D eigenvalue weighted by Crippen LogP contribution is -2.47. The lowest BCUT2D eigenvalue weighted by Gasteiger charge is -2.40. The van der Waals surface area contributed by atoms with Crippen molar-refractivity contribution in [3.05, 3.63) is 35.9 Å². The molecule has 1 aliphatic heterocycles. The van der Waals surface area contributed by atoms with Crippen LogP contribution in [-0.4, -0.2) is 56.6 Å². The van der Waals surface area contributed by atoms with E-state index in [0.717, 1.165) is 13.1 Å². The number of likely N-dealkylation sites (N-methyl/N-ethyl adjacent to an activating group) is 1. The van der Waals surface area contributed by atoms with E-state index in [1.54, 1.807) is 0 Å². The van der Waals surface area contributed by atoms with Crippen LogP contribution in [0.5, 0.6) is 0 Å². The molecule has 1 heterocycles. The fraction of sp³-hybridized carbons (Fsp3) is 0.600. The van der Waals surface area contributed by atoms with E-state index in [1.165, 1.54) is 31.6 Å². The number of rotatable bonds is 5. The van der Waals surface area contributed by atoms with Crippen LogP contribution in [0.15, 0.2) is 30.3 Å². The Bertz CT molecular complexity index is 339. The Labute approximate surface area is 111 Å². The lowest BCUT2D eigenvalue weighted by atomic mass is 10.0. The van der Waals surface area contributed by atoms with Crippen LogP contribution in [0.3, 0.4) is 0 Å². The average Bonchev–Trinajstić information content (AvgIpc) is 2.41. The van der Waals surface area contributed by atoms with Crippen molar-refractivity contribution in [2.45, 2.75) is 12.5 Å². The fourth-order valence-electron chi connectivity index (χ4n) is 2.67. The predicted octanol–water partition coefficient (Wildman–Crippen LogP) is 1.58. The molecule has 0 radical (unpaired) electrons. The van der Waals surface area contributed by atoms with Crippen molar-refractivity contribution in [2.24, 2.45) is 0 Å². The Morgan fingerprint density at radius 3 is 2.72 bits per heavy atom. The molecule has 1 aromatic rings. The third-order valence-corrected chi connectivity index (χ3v) is 3.75. The van der Waals surface area contributed by atoms with Crippen LogP contribution in [0.2, 0.25) is 0 Å². The van der Waals surface area contributed by atoms with Crippen LogP contribution in [0.25, 0.3) is 0 Å². The molecular formula is C15H25N3. The second kappa shape index (κ2) is 6.88. The van der Waals surface area contributed by atoms with Gasteiger partial charge in [-0.15, -0.1) is 0 Å². The molecule has 0 bridgehead atoms. The summed E-state index contributed by atoms with van der Waals surface area (Å²) < 4.78 is 0. The van der Waals surface area contributed by atoms with Gasteiger partial charge in [0, 0.05) is 32.2 Å². The van der Waals surface area contributed by atoms with E-state index in [9.17, 15) is 0 Å². The van der Waals surface area contributed by atoms with Gasteiger partial charge in [0.15, 0.2) is 0 Å². The Morgan fingerprint density at radius 2 is 2.00 bits per heavy atom. The van der Waals surface area contributed by atoms with E-state index in [2.05, 4.69) is 52.5 Å². The molecule has 1 atom stereocenters. The largest absolute Gasteiger partial charge is 0.320 e. The molecule has 3 heteroatoms. The zero-order valence-electron chi connectivity index (χ0n) is 11.6. The maximum atomic E-state index is 3.23. The highest BCUT2D eigenvalue weighted by molar-refractivity contribution is 5.20. The van der Waals surface area contributed by atoms with Crippen LogP contribution in [0, 0.1) is 0 Å². The van der Waals surface area contributed by atoms with Gasteiger partial charge < -0.3 is 10.2 Å². The molecule has 0 aromatic heterocycles. The van der Waals surface area contributed by atoms with Gasteiger partial charge in [0.2, 0.25) is 0 Å². The lowest BCUT2D eigenvalue weighted by molar-refractivity contribution is 0.0889. The summed E-state index contributed by atoms with van der Waals surface area (Å²) in [5.74, 6) is 0. The smallest absolute Gasteiger partial charge is 0.0475 e. The van der Waals surface area contributed by atoms with E-state index in [1.807, 2.05) is 7.05 Å². The quantitative estimate of drug-likeness (QED) is 0.797. The summed E-state index contributed by atoms with van der Waals surface area (Å²) in [5.41, 5.74) is 1.45. The summed E-state index contributed by atoms with van der Waals surface area (Å²) in [6.45, 7) is 5.80. The van der Waals surface area contributed by atoms with Crippen molar-refractivity contribution < 1.29 is 0 Å². The monoisotopic (exact) mass is 247 g/mol. The zero-order valence-corrected chi connectivity index (χ0v) is 11.6. The van der Waals surface area contributed by atoms with Gasteiger partial charge in [0.05, 0.1) is 0 Å². The van der Waals surface area contributed by atoms with Crippen LogP contribution in [0.4, 0.5) is 0 Å². The summed E-state index contributed by atoms with van der Waals surface area (Å²) in [6.07, 6.45) is 1.23. The summed E-state index contributed by atoms with van der Waals surface area (Å²) in [7, 11) is 4.25. The highest BCUT2D eigenvalue weighted by atomic mass is 15.3. The van der Waals surface area contributed by atoms with Crippen LogP contribution in [-0.2, 0) is 0 Å². The van der Waals surface area contributed by atoms with Crippen molar-refractivity contribution in [1.82, 2.24) is 15.1 Å². The minimum absolute atomic E-state index is 0.557. The molecule has 0 saturated carbocycles. The molecule has 0 amide bonds. The first-order valence-electron chi connectivity index (χ1n) is 6.93. The Balaban J connectivity index is 2.02. The van der Waals surface area contributed by atoms with Gasteiger partial charge in [0.25, 0.3) is 0 Å². The van der Waals surface area contributed by atoms with Gasteiger partial charge in [-0.1, -0.05) is 30.3 Å². The Kier molecular flexibility index (Phi) is 5.17. The standard InChI is InChI=1S/C15H25N3/c1-16-9-6-10-18-12-11-17(2)13-15(18)14-7-4-3-5-8-14/h3-5,7-8,15-16H,6,9-13H2,1-2H3. The molecule has 1 saturated heterocycles. The van der Waals surface area contributed by atoms with Gasteiger partial charge in [-0.05, 0) is 32.6 Å². The number of nitrogens with zero attached hydrogens (tertiary/aromatic N) is 2. The number of benzene rings is 1. The van der Waals surface area contributed by atoms with Crippen LogP contribution >= 0.6 is 0 Å². The molecule has 0 spiro atoms. The van der Waals surface area contributed by atoms with E-state index < -0.39 is 0 Å². The minimum Gasteiger partial charge on any atom is -0.320 e. The van der Waals surface area contributed by atoms with Gasteiger partial charge in [-0.3, -0.25) is 4.90 Å². The molecule has 1 unspecified atom stereocenters. The van der Waals surface area contributed by atoms with Gasteiger partial charge in [-0.2, -0.15) is 0 Å². The maximum absolute atomic E-state index is 3.23. The molecule has 3 nitrogen and oxygen atoms in total. The summed E-state index contributed by atoms with van der Waals surface area (Å²) in [6, 6.07) is 11.5. The van der Waals surface area contributed by atoms with Crippen molar-refractivity contribution >= 4 is 0 Å². The first kappa shape index (κ1) is 13.5. The molecule has 1 aliphatic rings. The van der Waals surface area contributed by atoms with E-state index in [4.69, 9.17) is 0 Å². The van der Waals surface area contributed by atoms with Crippen molar-refractivity contribution in [3.8, 4) is 0 Å². The Hall–Kier alpha value is -0.900. The van der Waals surface area contributed by atoms with Crippen molar-refractivity contribution in [2.75, 3.05) is 46.8 Å². The number of hydrogen-bond donors (Lipinski definition) is 1. The highest BCUT2D eigenvalue weighted by Crippen LogP contribution is 2.24. The fourth-order valence-corrected chi connectivity index (χ4v) is 2.67. The molecule has 1 N–H and O–H groups in total. The number of nitrogens with one attached hydrogen (secondary N) is 1. The SMILES string of the molecule is CNCCCN1CCN(C)CC1c1ccccc1. The topological polar surface area (TPSA) is 18.5 Å². The molecule has 1 aromatic carbocycles. The second-order valence-electron chi connectivity index (χ2n) is 5.18. The molecular weight excluding hydrogens is 222 g/mol. The highest BCUT2D eigenvalue weighted by Gasteiger charge is 2.25. The first-order chi connectivity index (χ1) is 8.81. The van der Waals surface area contributed by atoms with E-state index in [-0.39, 0.29) is 0 Å². The van der Waals surface area contributed by atoms with Crippen molar-refractivity contribution in [1.29, 1.82) is 0 Å². The molecule has 2 rings (SSSR count). The zero-order chi connectivity index (χ0) is 12.8. The molecule has 1 fully saturated rings. The molecule has 100 valence electrons. The Morgan fingerprint density at radius 1 is 1.22 bits per heavy atom. The number of hydrogen-bond acceptors (Lipinski definition) is 3. The predicted molar refractivity (Wildman–Crippen MR) is 76.8 cm³/mol. The van der Waals surface area contributed by atoms with Crippen molar-refractivity contribution in [3.63, 3.8) is 0 Å². The normalized spacial score (nSPS) is 22.2. The summed E-state index contributed by atoms with van der Waals surface area (Å²) in [4.78, 5) is 5.07. The minimum atomic E-state index is 0.557. The van der Waals surface area contributed by atoms with Gasteiger partial charge in [-0.25, -0.2) is 0 Å². The van der Waals surface area contributed by atoms with Gasteiger partial charge >= 0.3 is 0 Å². The maximum Gasteiger partial charge on any atom is 0.0475 e. The molecule has 0 aliphatic carbocycles. The third kappa shape index (κ3) is 3.55. The molecule has 18 heavy (non-hydrogen) atoms. The van der Waals surface area contributed by atoms with Gasteiger partial charge in [0.1, 0.15) is 0 Å². The summed E-state index contributed by atoms with van der Waals surface area (Å²) >= 11 is 0. The third-order valence-electron chi connectivity index (χ3n) is 3.75.